The first kappa shape index (κ1) is 44.1. The van der Waals surface area contributed by atoms with E-state index >= 15 is 0 Å². The van der Waals surface area contributed by atoms with Gasteiger partial charge in [0.05, 0.1) is 12.7 Å². The number of allylic oxidation sites excluding steroid dienone is 4. The Kier molecular flexibility index (Phi) is 33.0. The SMILES string of the molecule is CC/C=C/CC(O)/C=C/C=C/CCCCCCCC(=O)OC[C@H](CO)OC(=O)CCCCCCCCCCCCCCCC(C)C. The van der Waals surface area contributed by atoms with Gasteiger partial charge in [0.1, 0.15) is 6.61 Å². The molecule has 6 nitrogen and oxygen atoms in total. The van der Waals surface area contributed by atoms with Crippen molar-refractivity contribution in [3.05, 3.63) is 36.5 Å². The van der Waals surface area contributed by atoms with Crippen molar-refractivity contribution in [1.82, 2.24) is 0 Å². The van der Waals surface area contributed by atoms with Crippen LogP contribution in [0.5, 0.6) is 0 Å². The van der Waals surface area contributed by atoms with Crippen molar-refractivity contribution in [2.24, 2.45) is 5.92 Å². The van der Waals surface area contributed by atoms with Crippen LogP contribution in [0, 0.1) is 5.92 Å². The molecule has 0 aliphatic carbocycles. The Balaban J connectivity index is 3.62. The number of aliphatic hydroxyl groups excluding tert-OH is 2. The zero-order valence-corrected chi connectivity index (χ0v) is 30.1. The molecule has 0 rings (SSSR count). The molecular formula is C40H72O6. The molecule has 0 aliphatic rings. The van der Waals surface area contributed by atoms with Crippen molar-refractivity contribution < 1.29 is 29.3 Å². The van der Waals surface area contributed by atoms with Gasteiger partial charge in [-0.1, -0.05) is 160 Å². The number of hydrogen-bond donors (Lipinski definition) is 2. The average Bonchev–Trinajstić information content (AvgIpc) is 3.03. The van der Waals surface area contributed by atoms with Gasteiger partial charge in [0.15, 0.2) is 6.10 Å². The van der Waals surface area contributed by atoms with Crippen molar-refractivity contribution >= 4 is 11.9 Å². The Morgan fingerprint density at radius 1 is 0.652 bits per heavy atom. The molecule has 46 heavy (non-hydrogen) atoms. The maximum atomic E-state index is 12.2. The van der Waals surface area contributed by atoms with Gasteiger partial charge in [0, 0.05) is 12.8 Å². The molecule has 0 aromatic heterocycles. The van der Waals surface area contributed by atoms with Crippen LogP contribution in [0.1, 0.15) is 175 Å². The van der Waals surface area contributed by atoms with E-state index in [-0.39, 0.29) is 25.2 Å². The molecule has 0 radical (unpaired) electrons. The van der Waals surface area contributed by atoms with E-state index in [1.807, 2.05) is 24.3 Å². The van der Waals surface area contributed by atoms with Gasteiger partial charge in [-0.25, -0.2) is 0 Å². The molecule has 2 atom stereocenters. The molecule has 1 unspecified atom stereocenters. The summed E-state index contributed by atoms with van der Waals surface area (Å²) in [6, 6.07) is 0. The van der Waals surface area contributed by atoms with Crippen LogP contribution in [-0.4, -0.2) is 47.6 Å². The average molecular weight is 649 g/mol. The number of esters is 2. The van der Waals surface area contributed by atoms with Gasteiger partial charge in [0.2, 0.25) is 0 Å². The molecule has 0 heterocycles. The first-order valence-corrected chi connectivity index (χ1v) is 19.0. The van der Waals surface area contributed by atoms with E-state index in [2.05, 4.69) is 32.9 Å². The molecule has 0 spiro atoms. The normalized spacial score (nSPS) is 13.3. The molecule has 0 bridgehead atoms. The lowest BCUT2D eigenvalue weighted by molar-refractivity contribution is -0.161. The van der Waals surface area contributed by atoms with E-state index < -0.39 is 12.2 Å². The van der Waals surface area contributed by atoms with E-state index in [4.69, 9.17) is 9.47 Å². The topological polar surface area (TPSA) is 93.1 Å². The molecular weight excluding hydrogens is 576 g/mol. The monoisotopic (exact) mass is 649 g/mol. The molecule has 2 N–H and O–H groups in total. The molecule has 6 heteroatoms. The van der Waals surface area contributed by atoms with Gasteiger partial charge in [-0.15, -0.1) is 0 Å². The lowest BCUT2D eigenvalue weighted by atomic mass is 10.0. The summed E-state index contributed by atoms with van der Waals surface area (Å²) >= 11 is 0. The molecule has 268 valence electrons. The maximum absolute atomic E-state index is 12.2. The Bertz CT molecular complexity index is 772. The summed E-state index contributed by atoms with van der Waals surface area (Å²) in [5.74, 6) is 0.197. The van der Waals surface area contributed by atoms with Gasteiger partial charge < -0.3 is 19.7 Å². The molecule has 0 saturated heterocycles. The van der Waals surface area contributed by atoms with E-state index in [1.165, 1.54) is 70.6 Å². The molecule has 0 fully saturated rings. The van der Waals surface area contributed by atoms with E-state index in [0.29, 0.717) is 19.3 Å². The van der Waals surface area contributed by atoms with E-state index in [0.717, 1.165) is 70.1 Å². The van der Waals surface area contributed by atoms with Crippen LogP contribution in [0.15, 0.2) is 36.5 Å². The summed E-state index contributed by atoms with van der Waals surface area (Å²) in [7, 11) is 0. The minimum Gasteiger partial charge on any atom is -0.462 e. The fraction of sp³-hybridized carbons (Fsp3) is 0.800. The van der Waals surface area contributed by atoms with Crippen LogP contribution in [0.3, 0.4) is 0 Å². The lowest BCUT2D eigenvalue weighted by Gasteiger charge is -2.15. The van der Waals surface area contributed by atoms with Gasteiger partial charge in [-0.3, -0.25) is 9.59 Å². The van der Waals surface area contributed by atoms with Crippen LogP contribution in [-0.2, 0) is 19.1 Å². The van der Waals surface area contributed by atoms with Crippen LogP contribution in [0.25, 0.3) is 0 Å². The maximum Gasteiger partial charge on any atom is 0.306 e. The summed E-state index contributed by atoms with van der Waals surface area (Å²) in [6.07, 6.45) is 36.8. The number of ether oxygens (including phenoxy) is 2. The van der Waals surface area contributed by atoms with Gasteiger partial charge in [-0.05, 0) is 44.4 Å². The number of rotatable bonds is 33. The zero-order chi connectivity index (χ0) is 33.9. The minimum absolute atomic E-state index is 0.0908. The molecule has 0 aromatic carbocycles. The number of unbranched alkanes of at least 4 members (excludes halogenated alkanes) is 17. The third-order valence-electron chi connectivity index (χ3n) is 8.21. The van der Waals surface area contributed by atoms with Crippen LogP contribution < -0.4 is 0 Å². The fourth-order valence-electron chi connectivity index (χ4n) is 5.30. The smallest absolute Gasteiger partial charge is 0.306 e. The predicted octanol–water partition coefficient (Wildman–Crippen LogP) is 10.5. The number of carbonyl (C=O) groups is 2. The first-order chi connectivity index (χ1) is 22.4. The lowest BCUT2D eigenvalue weighted by Crippen LogP contribution is -2.28. The highest BCUT2D eigenvalue weighted by molar-refractivity contribution is 5.70. The second-order valence-corrected chi connectivity index (χ2v) is 13.3. The van der Waals surface area contributed by atoms with Crippen LogP contribution >= 0.6 is 0 Å². The minimum atomic E-state index is -0.791. The molecule has 0 saturated carbocycles. The van der Waals surface area contributed by atoms with Gasteiger partial charge in [-0.2, -0.15) is 0 Å². The van der Waals surface area contributed by atoms with Gasteiger partial charge >= 0.3 is 11.9 Å². The Hall–Kier alpha value is -1.92. The Labute approximate surface area is 283 Å². The summed E-state index contributed by atoms with van der Waals surface area (Å²) in [4.78, 5) is 24.2. The van der Waals surface area contributed by atoms with Crippen LogP contribution in [0.2, 0.25) is 0 Å². The standard InChI is InChI=1S/C40H72O6/c1-4-5-24-30-37(42)31-26-21-17-13-11-15-18-22-27-32-39(43)45-35-38(34-41)46-40(44)33-28-23-19-14-10-8-6-7-9-12-16-20-25-29-36(2)3/h5,17,21,24,26,31,36-38,41-42H,4,6-16,18-20,22-23,25,27-30,32-35H2,1-3H3/b21-17+,24-5+,31-26+/t37?,38-/m0/s1. The predicted molar refractivity (Wildman–Crippen MR) is 193 cm³/mol. The first-order valence-electron chi connectivity index (χ1n) is 19.0. The fourth-order valence-corrected chi connectivity index (χ4v) is 5.30. The van der Waals surface area contributed by atoms with Crippen molar-refractivity contribution in [3.8, 4) is 0 Å². The highest BCUT2D eigenvalue weighted by Gasteiger charge is 2.16. The van der Waals surface area contributed by atoms with Crippen molar-refractivity contribution in [2.75, 3.05) is 13.2 Å². The van der Waals surface area contributed by atoms with Crippen molar-refractivity contribution in [1.29, 1.82) is 0 Å². The number of hydrogen-bond acceptors (Lipinski definition) is 6. The second kappa shape index (κ2) is 34.4. The third-order valence-corrected chi connectivity index (χ3v) is 8.21. The van der Waals surface area contributed by atoms with Gasteiger partial charge in [0.25, 0.3) is 0 Å². The highest BCUT2D eigenvalue weighted by atomic mass is 16.6. The quantitative estimate of drug-likeness (QED) is 0.0318. The largest absolute Gasteiger partial charge is 0.462 e. The summed E-state index contributed by atoms with van der Waals surface area (Å²) < 4.78 is 10.6. The number of carbonyl (C=O) groups excluding carboxylic acids is 2. The highest BCUT2D eigenvalue weighted by Crippen LogP contribution is 2.15. The van der Waals surface area contributed by atoms with Crippen molar-refractivity contribution in [3.63, 3.8) is 0 Å². The zero-order valence-electron chi connectivity index (χ0n) is 30.1. The van der Waals surface area contributed by atoms with E-state index in [9.17, 15) is 19.8 Å². The molecule has 0 aromatic rings. The number of aliphatic hydroxyl groups is 2. The van der Waals surface area contributed by atoms with E-state index in [1.54, 1.807) is 0 Å². The third kappa shape index (κ3) is 33.4. The van der Waals surface area contributed by atoms with Crippen LogP contribution in [0.4, 0.5) is 0 Å². The molecule has 0 amide bonds. The van der Waals surface area contributed by atoms with Crippen molar-refractivity contribution in [2.45, 2.75) is 187 Å². The Morgan fingerprint density at radius 2 is 1.17 bits per heavy atom. The summed E-state index contributed by atoms with van der Waals surface area (Å²) in [6.45, 7) is 6.25. The molecule has 0 aliphatic heterocycles. The second-order valence-electron chi connectivity index (χ2n) is 13.3. The Morgan fingerprint density at radius 3 is 1.72 bits per heavy atom. The summed E-state index contributed by atoms with van der Waals surface area (Å²) in [5.41, 5.74) is 0. The summed E-state index contributed by atoms with van der Waals surface area (Å²) in [5, 5.41) is 19.3.